The molecule has 4 aromatic rings. The highest BCUT2D eigenvalue weighted by molar-refractivity contribution is 9.10. The normalized spacial score (nSPS) is 20.0. The van der Waals surface area contributed by atoms with Gasteiger partial charge in [-0.15, -0.1) is 0 Å². The summed E-state index contributed by atoms with van der Waals surface area (Å²) >= 11 is 3.48. The molecule has 3 atom stereocenters. The molecule has 0 saturated carbocycles. The number of hydrogen-bond acceptors (Lipinski definition) is 4. The van der Waals surface area contributed by atoms with Gasteiger partial charge in [0.25, 0.3) is 5.69 Å². The molecule has 5 rings (SSSR count). The summed E-state index contributed by atoms with van der Waals surface area (Å²) in [5, 5.41) is 14.3. The third-order valence-electron chi connectivity index (χ3n) is 5.88. The Kier molecular flexibility index (Phi) is 5.94. The van der Waals surface area contributed by atoms with Crippen molar-refractivity contribution in [2.45, 2.75) is 12.1 Å². The predicted octanol–water partition coefficient (Wildman–Crippen LogP) is 5.82. The summed E-state index contributed by atoms with van der Waals surface area (Å²) < 4.78 is 1.57. The smallest absolute Gasteiger partial charge is 0.260 e. The van der Waals surface area contributed by atoms with Crippen LogP contribution in [-0.4, -0.2) is 5.78 Å². The van der Waals surface area contributed by atoms with Crippen molar-refractivity contribution in [2.24, 2.45) is 5.92 Å². The minimum atomic E-state index is -0.642. The van der Waals surface area contributed by atoms with Gasteiger partial charge in [-0.25, -0.2) is 5.06 Å². The van der Waals surface area contributed by atoms with Crippen LogP contribution in [0.1, 0.15) is 33.8 Å². The topological polar surface area (TPSA) is 56.5 Å². The van der Waals surface area contributed by atoms with Gasteiger partial charge in [0.05, 0.1) is 17.6 Å². The molecule has 5 nitrogen and oxygen atoms in total. The number of carbonyl (C=O) groups is 1. The highest BCUT2D eigenvalue weighted by atomic mass is 79.9. The Morgan fingerprint density at radius 2 is 1.45 bits per heavy atom. The number of ketones is 1. The molecule has 0 spiro atoms. The summed E-state index contributed by atoms with van der Waals surface area (Å²) in [6.45, 7) is 0. The number of hydroxylamine groups is 1. The number of para-hydroxylation sites is 1. The van der Waals surface area contributed by atoms with E-state index in [-0.39, 0.29) is 11.5 Å². The number of anilines is 1. The van der Waals surface area contributed by atoms with Crippen molar-refractivity contribution in [3.05, 3.63) is 136 Å². The Hall–Kier alpha value is -3.48. The van der Waals surface area contributed by atoms with Crippen LogP contribution in [0.25, 0.3) is 0 Å². The Morgan fingerprint density at radius 3 is 2.12 bits per heavy atom. The molecule has 0 aliphatic carbocycles. The highest BCUT2D eigenvalue weighted by Gasteiger charge is 2.50. The number of Topliss-reactive ketones (excluding diaryl/α,β-unsaturated/α-hetero) is 1. The van der Waals surface area contributed by atoms with Crippen molar-refractivity contribution in [1.82, 2.24) is 0 Å². The molecule has 0 radical (unpaired) electrons. The van der Waals surface area contributed by atoms with Crippen molar-refractivity contribution < 1.29 is 14.4 Å². The molecule has 0 amide bonds. The van der Waals surface area contributed by atoms with E-state index in [1.54, 1.807) is 18.2 Å². The van der Waals surface area contributed by atoms with Crippen molar-refractivity contribution in [1.29, 1.82) is 0 Å². The summed E-state index contributed by atoms with van der Waals surface area (Å²) in [5.74, 6) is -0.901. The lowest BCUT2D eigenvalue weighted by Gasteiger charge is -2.26. The van der Waals surface area contributed by atoms with E-state index in [4.69, 9.17) is 4.84 Å². The number of halogens is 1. The second kappa shape index (κ2) is 9.17. The number of nitrogens with zero attached hydrogens (tertiary/aromatic N) is 2. The van der Waals surface area contributed by atoms with Crippen molar-refractivity contribution >= 4 is 27.4 Å². The Bertz CT molecular complexity index is 1250. The Labute approximate surface area is 200 Å². The Balaban J connectivity index is 1.69. The van der Waals surface area contributed by atoms with Gasteiger partial charge in [0.15, 0.2) is 6.20 Å². The summed E-state index contributed by atoms with van der Waals surface area (Å²) in [5.41, 5.74) is 2.74. The summed E-state index contributed by atoms with van der Waals surface area (Å²) in [7, 11) is 0. The monoisotopic (exact) mass is 500 g/mol. The first-order valence-corrected chi connectivity index (χ1v) is 11.5. The lowest BCUT2D eigenvalue weighted by atomic mass is 9.82. The van der Waals surface area contributed by atoms with Crippen LogP contribution in [-0.2, 0) is 4.84 Å². The maximum atomic E-state index is 13.9. The SMILES string of the molecule is O=C(c1cccc[n+]1[O-])[C@@H]1[C@@H](c2ccccc2)N(c2ccccc2)O[C@H]1c1ccc(Br)cc1. The lowest BCUT2D eigenvalue weighted by molar-refractivity contribution is -0.607. The van der Waals surface area contributed by atoms with E-state index in [2.05, 4.69) is 15.9 Å². The zero-order chi connectivity index (χ0) is 22.8. The molecule has 2 heterocycles. The molecule has 164 valence electrons. The molecule has 3 aromatic carbocycles. The lowest BCUT2D eigenvalue weighted by Crippen LogP contribution is -2.38. The second-order valence-corrected chi connectivity index (χ2v) is 8.81. The molecular formula is C27H21BrN2O3. The van der Waals surface area contributed by atoms with Crippen LogP contribution in [0, 0.1) is 11.1 Å². The highest BCUT2D eigenvalue weighted by Crippen LogP contribution is 2.49. The second-order valence-electron chi connectivity index (χ2n) is 7.90. The fourth-order valence-electron chi connectivity index (χ4n) is 4.35. The van der Waals surface area contributed by atoms with Crippen LogP contribution in [0.4, 0.5) is 5.69 Å². The van der Waals surface area contributed by atoms with Crippen LogP contribution in [0.5, 0.6) is 0 Å². The minimum Gasteiger partial charge on any atom is -0.618 e. The molecule has 1 saturated heterocycles. The largest absolute Gasteiger partial charge is 0.618 e. The van der Waals surface area contributed by atoms with Gasteiger partial charge in [-0.1, -0.05) is 76.6 Å². The Morgan fingerprint density at radius 1 is 0.818 bits per heavy atom. The fourth-order valence-corrected chi connectivity index (χ4v) is 4.61. The maximum Gasteiger partial charge on any atom is 0.260 e. The molecule has 33 heavy (non-hydrogen) atoms. The third kappa shape index (κ3) is 4.15. The molecule has 1 aliphatic rings. The number of aromatic nitrogens is 1. The van der Waals surface area contributed by atoms with Gasteiger partial charge >= 0.3 is 0 Å². The van der Waals surface area contributed by atoms with Gasteiger partial charge in [0.1, 0.15) is 6.10 Å². The van der Waals surface area contributed by atoms with Gasteiger partial charge in [-0.2, -0.15) is 4.73 Å². The van der Waals surface area contributed by atoms with E-state index < -0.39 is 18.1 Å². The molecule has 1 fully saturated rings. The number of carbonyl (C=O) groups excluding carboxylic acids is 1. The molecule has 1 aliphatic heterocycles. The number of pyridine rings is 1. The first-order valence-electron chi connectivity index (χ1n) is 10.7. The quantitative estimate of drug-likeness (QED) is 0.197. The fraction of sp³-hybridized carbons (Fsp3) is 0.111. The van der Waals surface area contributed by atoms with Gasteiger partial charge in [0.2, 0.25) is 5.78 Å². The molecular weight excluding hydrogens is 480 g/mol. The van der Waals surface area contributed by atoms with Gasteiger partial charge in [-0.3, -0.25) is 9.63 Å². The van der Waals surface area contributed by atoms with E-state index in [1.165, 1.54) is 6.20 Å². The van der Waals surface area contributed by atoms with Gasteiger partial charge < -0.3 is 5.21 Å². The van der Waals surface area contributed by atoms with E-state index in [0.717, 1.165) is 21.3 Å². The number of benzene rings is 3. The first-order chi connectivity index (χ1) is 16.1. The van der Waals surface area contributed by atoms with Crippen LogP contribution >= 0.6 is 15.9 Å². The average Bonchev–Trinajstić information content (AvgIpc) is 3.26. The third-order valence-corrected chi connectivity index (χ3v) is 6.40. The van der Waals surface area contributed by atoms with E-state index in [0.29, 0.717) is 4.73 Å². The average molecular weight is 501 g/mol. The molecule has 0 unspecified atom stereocenters. The first kappa shape index (κ1) is 21.4. The van der Waals surface area contributed by atoms with Crippen LogP contribution in [0.2, 0.25) is 0 Å². The zero-order valence-corrected chi connectivity index (χ0v) is 19.2. The standard InChI is InChI=1S/C27H21BrN2O3/c28-21-16-14-20(15-17-21)27-24(26(31)23-13-7-8-18-29(23)32)25(19-9-3-1-4-10-19)30(33-27)22-11-5-2-6-12-22/h1-18,24-25,27H/t24-,25+,27-/m0/s1. The van der Waals surface area contributed by atoms with Crippen LogP contribution in [0.15, 0.2) is 114 Å². The van der Waals surface area contributed by atoms with E-state index in [9.17, 15) is 10.0 Å². The summed E-state index contributed by atoms with van der Waals surface area (Å²) in [4.78, 5) is 20.5. The van der Waals surface area contributed by atoms with Crippen molar-refractivity contribution in [3.63, 3.8) is 0 Å². The molecule has 1 aromatic heterocycles. The van der Waals surface area contributed by atoms with Crippen LogP contribution in [0.3, 0.4) is 0 Å². The molecule has 0 bridgehead atoms. The summed E-state index contributed by atoms with van der Waals surface area (Å²) in [6.07, 6.45) is 0.778. The number of rotatable bonds is 5. The minimum absolute atomic E-state index is 0.101. The van der Waals surface area contributed by atoms with Crippen molar-refractivity contribution in [3.8, 4) is 0 Å². The molecule has 6 heteroatoms. The van der Waals surface area contributed by atoms with E-state index >= 15 is 0 Å². The molecule has 0 N–H and O–H groups in total. The predicted molar refractivity (Wildman–Crippen MR) is 129 cm³/mol. The number of hydrogen-bond donors (Lipinski definition) is 0. The van der Waals surface area contributed by atoms with E-state index in [1.807, 2.05) is 90.0 Å². The maximum absolute atomic E-state index is 13.9. The van der Waals surface area contributed by atoms with Crippen LogP contribution < -0.4 is 9.79 Å². The van der Waals surface area contributed by atoms with Crippen molar-refractivity contribution in [2.75, 3.05) is 5.06 Å². The summed E-state index contributed by atoms with van der Waals surface area (Å²) in [6, 6.07) is 31.8. The van der Waals surface area contributed by atoms with Gasteiger partial charge in [0, 0.05) is 16.6 Å². The van der Waals surface area contributed by atoms with Gasteiger partial charge in [-0.05, 0) is 41.5 Å². The zero-order valence-electron chi connectivity index (χ0n) is 17.6.